The zero-order valence-electron chi connectivity index (χ0n) is 8.45. The highest BCUT2D eigenvalue weighted by Crippen LogP contribution is 2.24. The molecule has 0 radical (unpaired) electrons. The number of nitrogens with zero attached hydrogens (tertiary/aromatic N) is 1. The Morgan fingerprint density at radius 2 is 1.81 bits per heavy atom. The summed E-state index contributed by atoms with van der Waals surface area (Å²) in [5.41, 5.74) is 0.260. The van der Waals surface area contributed by atoms with E-state index in [0.717, 1.165) is 6.08 Å². The zero-order valence-corrected chi connectivity index (χ0v) is 9.27. The number of anilines is 1. The molecule has 0 aliphatic carbocycles. The van der Waals surface area contributed by atoms with Crippen molar-refractivity contribution >= 4 is 21.9 Å². The Kier molecular flexibility index (Phi) is 2.43. The van der Waals surface area contributed by atoms with Crippen molar-refractivity contribution in [2.24, 2.45) is 0 Å². The number of carbonyl (C=O) groups excluding carboxylic acids is 1. The first kappa shape index (κ1) is 10.7. The van der Waals surface area contributed by atoms with Crippen LogP contribution in [-0.2, 0) is 19.3 Å². The van der Waals surface area contributed by atoms with Gasteiger partial charge in [-0.2, -0.15) is 12.7 Å². The number of hydrogen-bond donors (Lipinski definition) is 0. The van der Waals surface area contributed by atoms with E-state index in [1.54, 1.807) is 18.2 Å². The van der Waals surface area contributed by atoms with Gasteiger partial charge in [-0.1, -0.05) is 18.2 Å². The highest BCUT2D eigenvalue weighted by Gasteiger charge is 2.34. The van der Waals surface area contributed by atoms with Crippen LogP contribution in [0.1, 0.15) is 6.92 Å². The van der Waals surface area contributed by atoms with Crippen molar-refractivity contribution in [3.63, 3.8) is 0 Å². The molecule has 0 saturated heterocycles. The highest BCUT2D eigenvalue weighted by molar-refractivity contribution is 7.89. The molecule has 0 N–H and O–H groups in total. The second kappa shape index (κ2) is 3.64. The Morgan fingerprint density at radius 1 is 1.19 bits per heavy atom. The summed E-state index contributed by atoms with van der Waals surface area (Å²) in [5, 5.41) is 0. The molecule has 6 heteroatoms. The van der Waals surface area contributed by atoms with Crippen LogP contribution in [0.25, 0.3) is 0 Å². The van der Waals surface area contributed by atoms with Crippen molar-refractivity contribution < 1.29 is 17.4 Å². The number of para-hydroxylation sites is 1. The Balaban J connectivity index is 2.53. The molecule has 5 nitrogen and oxygen atoms in total. The van der Waals surface area contributed by atoms with Gasteiger partial charge in [-0.3, -0.25) is 4.79 Å². The number of carbonyl (C=O) groups is 1. The fourth-order valence-electron chi connectivity index (χ4n) is 1.39. The van der Waals surface area contributed by atoms with Crippen LogP contribution in [0.4, 0.5) is 5.69 Å². The maximum atomic E-state index is 11.6. The van der Waals surface area contributed by atoms with Crippen molar-refractivity contribution in [1.82, 2.24) is 0 Å². The van der Waals surface area contributed by atoms with E-state index >= 15 is 0 Å². The maximum absolute atomic E-state index is 11.6. The fraction of sp³-hybridized carbons (Fsp3) is 0.100. The summed E-state index contributed by atoms with van der Waals surface area (Å²) in [5.74, 6) is -0.563. The van der Waals surface area contributed by atoms with Crippen molar-refractivity contribution in [1.29, 1.82) is 0 Å². The van der Waals surface area contributed by atoms with E-state index in [9.17, 15) is 13.2 Å². The topological polar surface area (TPSA) is 63.7 Å². The van der Waals surface area contributed by atoms with E-state index in [1.165, 1.54) is 19.1 Å². The summed E-state index contributed by atoms with van der Waals surface area (Å²) in [6, 6.07) is 8.06. The summed E-state index contributed by atoms with van der Waals surface area (Å²) < 4.78 is 28.6. The van der Waals surface area contributed by atoms with Gasteiger partial charge in [0.1, 0.15) is 5.76 Å². The standard InChI is InChI=1S/C10H9NO4S/c1-8-7-10(12)11(16(13,14)15-8)9-5-3-2-4-6-9/h2-7H,1H3. The molecular weight excluding hydrogens is 230 g/mol. The van der Waals surface area contributed by atoms with Crippen LogP contribution in [0.15, 0.2) is 42.2 Å². The van der Waals surface area contributed by atoms with Crippen LogP contribution in [0.2, 0.25) is 0 Å². The van der Waals surface area contributed by atoms with Crippen LogP contribution in [-0.4, -0.2) is 14.3 Å². The van der Waals surface area contributed by atoms with E-state index in [4.69, 9.17) is 0 Å². The van der Waals surface area contributed by atoms with Gasteiger partial charge in [-0.05, 0) is 19.1 Å². The van der Waals surface area contributed by atoms with E-state index in [1.807, 2.05) is 0 Å². The molecule has 1 aromatic rings. The SMILES string of the molecule is CC1=CC(=O)N(c2ccccc2)S(=O)(=O)O1. The van der Waals surface area contributed by atoms with Gasteiger partial charge in [0, 0.05) is 6.08 Å². The lowest BCUT2D eigenvalue weighted by Gasteiger charge is -2.24. The van der Waals surface area contributed by atoms with Crippen LogP contribution in [0.5, 0.6) is 0 Å². The summed E-state index contributed by atoms with van der Waals surface area (Å²) >= 11 is 0. The van der Waals surface area contributed by atoms with Gasteiger partial charge in [0.15, 0.2) is 0 Å². The molecule has 84 valence electrons. The number of rotatable bonds is 1. The normalized spacial score (nSPS) is 18.9. The minimum atomic E-state index is -4.06. The summed E-state index contributed by atoms with van der Waals surface area (Å²) in [6.07, 6.45) is 1.13. The van der Waals surface area contributed by atoms with Gasteiger partial charge in [0.2, 0.25) is 0 Å². The molecule has 1 aromatic carbocycles. The lowest BCUT2D eigenvalue weighted by molar-refractivity contribution is -0.113. The lowest BCUT2D eigenvalue weighted by atomic mass is 10.3. The predicted molar refractivity (Wildman–Crippen MR) is 57.7 cm³/mol. The van der Waals surface area contributed by atoms with Gasteiger partial charge >= 0.3 is 10.3 Å². The number of hydrogen-bond acceptors (Lipinski definition) is 4. The number of amides is 1. The number of allylic oxidation sites excluding steroid dienone is 1. The zero-order chi connectivity index (χ0) is 11.8. The molecule has 0 spiro atoms. The monoisotopic (exact) mass is 239 g/mol. The van der Waals surface area contributed by atoms with Crippen molar-refractivity contribution in [3.05, 3.63) is 42.2 Å². The van der Waals surface area contributed by atoms with Gasteiger partial charge < -0.3 is 4.18 Å². The third-order valence-electron chi connectivity index (χ3n) is 1.98. The fourth-order valence-corrected chi connectivity index (χ4v) is 2.50. The second-order valence-corrected chi connectivity index (χ2v) is 4.62. The van der Waals surface area contributed by atoms with E-state index in [2.05, 4.69) is 4.18 Å². The summed E-state index contributed by atoms with van der Waals surface area (Å²) in [7, 11) is -4.06. The highest BCUT2D eigenvalue weighted by atomic mass is 32.2. The molecule has 0 aromatic heterocycles. The van der Waals surface area contributed by atoms with E-state index < -0.39 is 16.2 Å². The van der Waals surface area contributed by atoms with E-state index in [0.29, 0.717) is 4.31 Å². The Hall–Kier alpha value is -1.82. The quantitative estimate of drug-likeness (QED) is 0.738. The van der Waals surface area contributed by atoms with Crippen LogP contribution in [0, 0.1) is 0 Å². The Labute approximate surface area is 93.2 Å². The minimum Gasteiger partial charge on any atom is -0.371 e. The van der Waals surface area contributed by atoms with Crippen molar-refractivity contribution in [2.45, 2.75) is 6.92 Å². The average Bonchev–Trinajstić information content (AvgIpc) is 2.15. The van der Waals surface area contributed by atoms with Gasteiger partial charge in [-0.25, -0.2) is 0 Å². The third-order valence-corrected chi connectivity index (χ3v) is 3.29. The Morgan fingerprint density at radius 3 is 2.38 bits per heavy atom. The molecule has 2 rings (SSSR count). The van der Waals surface area contributed by atoms with Crippen molar-refractivity contribution in [2.75, 3.05) is 4.31 Å². The average molecular weight is 239 g/mol. The first-order chi connectivity index (χ1) is 7.50. The minimum absolute atomic E-state index is 0.0668. The molecule has 0 atom stereocenters. The first-order valence-electron chi connectivity index (χ1n) is 4.53. The summed E-state index contributed by atoms with van der Waals surface area (Å²) in [4.78, 5) is 11.6. The van der Waals surface area contributed by atoms with Gasteiger partial charge in [0.05, 0.1) is 5.69 Å². The smallest absolute Gasteiger partial charge is 0.371 e. The molecule has 0 unspecified atom stereocenters. The van der Waals surface area contributed by atoms with Gasteiger partial charge in [0.25, 0.3) is 5.91 Å². The molecule has 16 heavy (non-hydrogen) atoms. The molecule has 1 heterocycles. The summed E-state index contributed by atoms with van der Waals surface area (Å²) in [6.45, 7) is 1.41. The second-order valence-electron chi connectivity index (χ2n) is 3.23. The third kappa shape index (κ3) is 1.79. The predicted octanol–water partition coefficient (Wildman–Crippen LogP) is 1.20. The first-order valence-corrected chi connectivity index (χ1v) is 5.89. The maximum Gasteiger partial charge on any atom is 0.416 e. The van der Waals surface area contributed by atoms with Crippen LogP contribution in [0.3, 0.4) is 0 Å². The molecular formula is C10H9NO4S. The van der Waals surface area contributed by atoms with E-state index in [-0.39, 0.29) is 11.4 Å². The van der Waals surface area contributed by atoms with Crippen LogP contribution >= 0.6 is 0 Å². The Bertz CT molecular complexity index is 547. The molecule has 1 aliphatic rings. The van der Waals surface area contributed by atoms with Gasteiger partial charge in [-0.15, -0.1) is 0 Å². The lowest BCUT2D eigenvalue weighted by Crippen LogP contribution is -2.39. The van der Waals surface area contributed by atoms with Crippen LogP contribution < -0.4 is 4.31 Å². The largest absolute Gasteiger partial charge is 0.416 e. The molecule has 0 fully saturated rings. The molecule has 1 amide bonds. The van der Waals surface area contributed by atoms with Crippen molar-refractivity contribution in [3.8, 4) is 0 Å². The number of benzene rings is 1. The molecule has 1 aliphatic heterocycles. The molecule has 0 bridgehead atoms. The molecule has 0 saturated carbocycles.